The molecule has 2 N–H and O–H groups in total. The maximum atomic E-state index is 13.3. The number of para-hydroxylation sites is 1. The van der Waals surface area contributed by atoms with E-state index in [1.165, 1.54) is 6.07 Å². The Bertz CT molecular complexity index is 886. The van der Waals surface area contributed by atoms with E-state index in [9.17, 15) is 18.7 Å². The standard InChI is InChI=1S/C22H27F2N3O3/c1-13(2)17-6-4-5-7-19(17)27(16-10-15(11-16)12-28)22(29)26-18-9-8-14(3)25-20(18)30-21(23)24/h4-9,13,15-16,21,28H,10-12H2,1-3H3,(H,26,29)/t15-,16+. The second kappa shape index (κ2) is 9.38. The highest BCUT2D eigenvalue weighted by Crippen LogP contribution is 2.38. The Morgan fingerprint density at radius 3 is 2.60 bits per heavy atom. The maximum absolute atomic E-state index is 13.3. The number of rotatable bonds is 7. The molecule has 0 unspecified atom stereocenters. The van der Waals surface area contributed by atoms with Crippen LogP contribution in [0.1, 0.15) is 43.9 Å². The summed E-state index contributed by atoms with van der Waals surface area (Å²) in [6, 6.07) is 10.2. The molecule has 0 atom stereocenters. The van der Waals surface area contributed by atoms with Crippen LogP contribution in [0.4, 0.5) is 25.0 Å². The number of aromatic nitrogens is 1. The van der Waals surface area contributed by atoms with Crippen molar-refractivity contribution in [3.05, 3.63) is 47.7 Å². The molecule has 1 aliphatic carbocycles. The molecule has 1 aliphatic rings. The van der Waals surface area contributed by atoms with Crippen molar-refractivity contribution in [1.29, 1.82) is 0 Å². The summed E-state index contributed by atoms with van der Waals surface area (Å²) in [5, 5.41) is 12.1. The quantitative estimate of drug-likeness (QED) is 0.668. The number of hydrogen-bond donors (Lipinski definition) is 2. The van der Waals surface area contributed by atoms with Gasteiger partial charge in [0.1, 0.15) is 5.69 Å². The van der Waals surface area contributed by atoms with E-state index in [0.717, 1.165) is 11.3 Å². The molecule has 0 radical (unpaired) electrons. The molecule has 162 valence electrons. The fourth-order valence-electron chi connectivity index (χ4n) is 3.71. The Kier molecular flexibility index (Phi) is 6.87. The van der Waals surface area contributed by atoms with Crippen LogP contribution in [0, 0.1) is 12.8 Å². The molecular formula is C22H27F2N3O3. The highest BCUT2D eigenvalue weighted by atomic mass is 19.3. The normalized spacial score (nSPS) is 18.3. The number of anilines is 2. The van der Waals surface area contributed by atoms with E-state index in [4.69, 9.17) is 0 Å². The van der Waals surface area contributed by atoms with Gasteiger partial charge in [-0.2, -0.15) is 8.78 Å². The number of carbonyl (C=O) groups excluding carboxylic acids is 1. The van der Waals surface area contributed by atoms with Gasteiger partial charge in [-0.05, 0) is 55.4 Å². The number of nitrogens with one attached hydrogen (secondary N) is 1. The molecule has 0 spiro atoms. The first-order valence-electron chi connectivity index (χ1n) is 10.0. The summed E-state index contributed by atoms with van der Waals surface area (Å²) in [6.45, 7) is 2.77. The summed E-state index contributed by atoms with van der Waals surface area (Å²) in [4.78, 5) is 19.0. The minimum absolute atomic E-state index is 0.0754. The van der Waals surface area contributed by atoms with Crippen LogP contribution in [-0.2, 0) is 0 Å². The Hall–Kier alpha value is -2.74. The van der Waals surface area contributed by atoms with Crippen LogP contribution in [0.25, 0.3) is 0 Å². The van der Waals surface area contributed by atoms with Crippen molar-refractivity contribution in [2.75, 3.05) is 16.8 Å². The minimum atomic E-state index is -3.05. The van der Waals surface area contributed by atoms with Crippen LogP contribution in [0.3, 0.4) is 0 Å². The van der Waals surface area contributed by atoms with E-state index in [1.54, 1.807) is 17.9 Å². The SMILES string of the molecule is Cc1ccc(NC(=O)N(c2ccccc2C(C)C)[C@H]2C[C@@H](CO)C2)c(OC(F)F)n1. The third-order valence-electron chi connectivity index (χ3n) is 5.31. The number of urea groups is 1. The zero-order chi connectivity index (χ0) is 21.8. The molecule has 8 heteroatoms. The molecule has 30 heavy (non-hydrogen) atoms. The molecule has 0 aliphatic heterocycles. The lowest BCUT2D eigenvalue weighted by Gasteiger charge is -2.43. The lowest BCUT2D eigenvalue weighted by atomic mass is 9.79. The van der Waals surface area contributed by atoms with E-state index in [0.29, 0.717) is 18.5 Å². The molecule has 2 amide bonds. The Balaban J connectivity index is 1.93. The van der Waals surface area contributed by atoms with Gasteiger partial charge in [0.15, 0.2) is 0 Å². The number of alkyl halides is 2. The number of nitrogens with zero attached hydrogens (tertiary/aromatic N) is 2. The number of amides is 2. The van der Waals surface area contributed by atoms with E-state index < -0.39 is 12.6 Å². The van der Waals surface area contributed by atoms with Crippen molar-refractivity contribution in [1.82, 2.24) is 4.98 Å². The van der Waals surface area contributed by atoms with Crippen molar-refractivity contribution in [2.45, 2.75) is 52.2 Å². The average molecular weight is 419 g/mol. The molecule has 1 aromatic carbocycles. The largest absolute Gasteiger partial charge is 0.415 e. The second-order valence-corrected chi connectivity index (χ2v) is 7.87. The monoisotopic (exact) mass is 419 g/mol. The van der Waals surface area contributed by atoms with Crippen LogP contribution in [0.15, 0.2) is 36.4 Å². The van der Waals surface area contributed by atoms with Crippen molar-refractivity contribution in [3.8, 4) is 5.88 Å². The first-order valence-corrected chi connectivity index (χ1v) is 10.0. The fourth-order valence-corrected chi connectivity index (χ4v) is 3.71. The lowest BCUT2D eigenvalue weighted by Crippen LogP contribution is -2.51. The van der Waals surface area contributed by atoms with Gasteiger partial charge < -0.3 is 15.2 Å². The second-order valence-electron chi connectivity index (χ2n) is 7.87. The number of carbonyl (C=O) groups is 1. The van der Waals surface area contributed by atoms with E-state index in [1.807, 2.05) is 38.1 Å². The molecule has 3 rings (SSSR count). The van der Waals surface area contributed by atoms with Gasteiger partial charge in [-0.15, -0.1) is 0 Å². The number of aliphatic hydroxyl groups excluding tert-OH is 1. The minimum Gasteiger partial charge on any atom is -0.415 e. The first-order chi connectivity index (χ1) is 14.3. The summed E-state index contributed by atoms with van der Waals surface area (Å²) >= 11 is 0. The lowest BCUT2D eigenvalue weighted by molar-refractivity contribution is -0.0523. The van der Waals surface area contributed by atoms with Crippen LogP contribution < -0.4 is 15.0 Å². The molecule has 2 aromatic rings. The predicted octanol–water partition coefficient (Wildman–Crippen LogP) is 4.92. The molecule has 1 heterocycles. The van der Waals surface area contributed by atoms with Gasteiger partial charge in [0, 0.05) is 24.0 Å². The van der Waals surface area contributed by atoms with Gasteiger partial charge in [-0.25, -0.2) is 9.78 Å². The average Bonchev–Trinajstić information content (AvgIpc) is 2.65. The summed E-state index contributed by atoms with van der Waals surface area (Å²) in [7, 11) is 0. The van der Waals surface area contributed by atoms with Gasteiger partial charge in [0.05, 0.1) is 0 Å². The molecule has 0 bridgehead atoms. The van der Waals surface area contributed by atoms with Crippen LogP contribution >= 0.6 is 0 Å². The third-order valence-corrected chi connectivity index (χ3v) is 5.31. The Labute approximate surface area is 174 Å². The molecule has 1 fully saturated rings. The number of hydrogen-bond acceptors (Lipinski definition) is 4. The Morgan fingerprint density at radius 2 is 1.97 bits per heavy atom. The highest BCUT2D eigenvalue weighted by molar-refractivity contribution is 6.03. The molecule has 1 saturated carbocycles. The van der Waals surface area contributed by atoms with E-state index in [-0.39, 0.29) is 36.1 Å². The molecular weight excluding hydrogens is 392 g/mol. The van der Waals surface area contributed by atoms with Crippen molar-refractivity contribution in [2.24, 2.45) is 5.92 Å². The molecule has 0 saturated heterocycles. The summed E-state index contributed by atoms with van der Waals surface area (Å²) in [5.41, 5.74) is 2.35. The zero-order valence-corrected chi connectivity index (χ0v) is 17.3. The third kappa shape index (κ3) is 4.87. The number of halogens is 2. The first kappa shape index (κ1) is 22.0. The van der Waals surface area contributed by atoms with Crippen molar-refractivity contribution >= 4 is 17.4 Å². The van der Waals surface area contributed by atoms with Gasteiger partial charge in [-0.3, -0.25) is 4.90 Å². The van der Waals surface area contributed by atoms with E-state index >= 15 is 0 Å². The maximum Gasteiger partial charge on any atom is 0.388 e. The van der Waals surface area contributed by atoms with Crippen molar-refractivity contribution < 1.29 is 23.4 Å². The van der Waals surface area contributed by atoms with Gasteiger partial charge in [-0.1, -0.05) is 32.0 Å². The number of aliphatic hydroxyl groups is 1. The number of aryl methyl sites for hydroxylation is 1. The number of benzene rings is 1. The van der Waals surface area contributed by atoms with Gasteiger partial charge in [0.25, 0.3) is 0 Å². The molecule has 1 aromatic heterocycles. The summed E-state index contributed by atoms with van der Waals surface area (Å²) in [5.74, 6) is 0.0107. The fraction of sp³-hybridized carbons (Fsp3) is 0.455. The van der Waals surface area contributed by atoms with Gasteiger partial charge in [0.2, 0.25) is 5.88 Å². The van der Waals surface area contributed by atoms with Crippen molar-refractivity contribution in [3.63, 3.8) is 0 Å². The van der Waals surface area contributed by atoms with Crippen LogP contribution in [0.5, 0.6) is 5.88 Å². The number of ether oxygens (including phenoxy) is 1. The van der Waals surface area contributed by atoms with Crippen LogP contribution in [-0.4, -0.2) is 35.4 Å². The summed E-state index contributed by atoms with van der Waals surface area (Å²) in [6.07, 6.45) is 1.34. The molecule has 6 nitrogen and oxygen atoms in total. The number of pyridine rings is 1. The zero-order valence-electron chi connectivity index (χ0n) is 17.3. The highest BCUT2D eigenvalue weighted by Gasteiger charge is 2.37. The summed E-state index contributed by atoms with van der Waals surface area (Å²) < 4.78 is 30.1. The topological polar surface area (TPSA) is 74.7 Å². The predicted molar refractivity (Wildman–Crippen MR) is 111 cm³/mol. The van der Waals surface area contributed by atoms with Gasteiger partial charge >= 0.3 is 12.6 Å². The van der Waals surface area contributed by atoms with E-state index in [2.05, 4.69) is 15.0 Å². The van der Waals surface area contributed by atoms with Crippen LogP contribution in [0.2, 0.25) is 0 Å². The Morgan fingerprint density at radius 1 is 1.27 bits per heavy atom. The smallest absolute Gasteiger partial charge is 0.388 e.